The summed E-state index contributed by atoms with van der Waals surface area (Å²) in [6.45, 7) is 1.75. The highest BCUT2D eigenvalue weighted by molar-refractivity contribution is 7.89. The van der Waals surface area contributed by atoms with Crippen LogP contribution in [0.1, 0.15) is 11.3 Å². The molecule has 0 amide bonds. The molecule has 0 unspecified atom stereocenters. The van der Waals surface area contributed by atoms with Crippen molar-refractivity contribution in [2.45, 2.75) is 18.0 Å². The summed E-state index contributed by atoms with van der Waals surface area (Å²) in [5, 5.41) is 12.5. The number of hydrogen-bond acceptors (Lipinski definition) is 5. The van der Waals surface area contributed by atoms with Gasteiger partial charge in [0.1, 0.15) is 5.82 Å². The van der Waals surface area contributed by atoms with Gasteiger partial charge in [0.05, 0.1) is 27.5 Å². The molecule has 2 aromatic heterocycles. The van der Waals surface area contributed by atoms with Gasteiger partial charge in [-0.15, -0.1) is 0 Å². The number of anilines is 2. The molecular weight excluding hydrogens is 455 g/mol. The lowest BCUT2D eigenvalue weighted by atomic mass is 10.1. The molecule has 0 atom stereocenters. The minimum absolute atomic E-state index is 0.0183. The van der Waals surface area contributed by atoms with Crippen LogP contribution < -0.4 is 10.5 Å². The summed E-state index contributed by atoms with van der Waals surface area (Å²) in [4.78, 5) is 4.24. The number of halogens is 3. The first kappa shape index (κ1) is 22.5. The lowest BCUT2D eigenvalue weighted by molar-refractivity contribution is -0.137. The van der Waals surface area contributed by atoms with Gasteiger partial charge in [0, 0.05) is 17.4 Å². The highest BCUT2D eigenvalue weighted by Gasteiger charge is 2.30. The van der Waals surface area contributed by atoms with Crippen molar-refractivity contribution in [2.75, 3.05) is 5.32 Å². The molecule has 33 heavy (non-hydrogen) atoms. The number of nitrogens with two attached hydrogens (primary N) is 1. The molecule has 0 fully saturated rings. The van der Waals surface area contributed by atoms with Gasteiger partial charge >= 0.3 is 6.18 Å². The van der Waals surface area contributed by atoms with Crippen LogP contribution in [0.25, 0.3) is 16.9 Å². The summed E-state index contributed by atoms with van der Waals surface area (Å²) >= 11 is 0. The lowest BCUT2D eigenvalue weighted by Gasteiger charge is -2.12. The van der Waals surface area contributed by atoms with E-state index in [1.54, 1.807) is 49.5 Å². The summed E-state index contributed by atoms with van der Waals surface area (Å²) in [5.41, 5.74) is 1.98. The maximum absolute atomic E-state index is 13.2. The molecule has 11 heteroatoms. The van der Waals surface area contributed by atoms with Crippen LogP contribution in [0.3, 0.4) is 0 Å². The first-order chi connectivity index (χ1) is 15.5. The number of rotatable bonds is 5. The molecule has 4 rings (SSSR count). The second-order valence-electron chi connectivity index (χ2n) is 7.25. The zero-order valence-corrected chi connectivity index (χ0v) is 18.0. The minimum atomic E-state index is -4.47. The average Bonchev–Trinajstić information content (AvgIpc) is 3.15. The highest BCUT2D eigenvalue weighted by atomic mass is 32.2. The lowest BCUT2D eigenvalue weighted by Crippen LogP contribution is -2.11. The second-order valence-corrected chi connectivity index (χ2v) is 8.82. The zero-order valence-electron chi connectivity index (χ0n) is 17.2. The van der Waals surface area contributed by atoms with Crippen LogP contribution in [0.2, 0.25) is 0 Å². The van der Waals surface area contributed by atoms with Crippen LogP contribution in [0.15, 0.2) is 77.8 Å². The largest absolute Gasteiger partial charge is 0.416 e. The Balaban J connectivity index is 1.68. The molecule has 0 aliphatic heterocycles. The molecule has 0 saturated carbocycles. The van der Waals surface area contributed by atoms with Gasteiger partial charge < -0.3 is 5.32 Å². The van der Waals surface area contributed by atoms with Crippen molar-refractivity contribution in [1.82, 2.24) is 14.8 Å². The normalized spacial score (nSPS) is 12.0. The van der Waals surface area contributed by atoms with Gasteiger partial charge in [-0.05, 0) is 67.6 Å². The number of nitrogens with zero attached hydrogens (tertiary/aromatic N) is 3. The monoisotopic (exact) mass is 473 g/mol. The molecule has 3 N–H and O–H groups in total. The fourth-order valence-electron chi connectivity index (χ4n) is 3.25. The zero-order chi connectivity index (χ0) is 23.8. The van der Waals surface area contributed by atoms with Crippen LogP contribution in [-0.2, 0) is 16.2 Å². The molecule has 4 aromatic rings. The Morgan fingerprint density at radius 2 is 1.73 bits per heavy atom. The third kappa shape index (κ3) is 5.04. The van der Waals surface area contributed by atoms with E-state index in [0.717, 1.165) is 12.1 Å². The third-order valence-electron chi connectivity index (χ3n) is 4.76. The Hall–Kier alpha value is -3.70. The maximum Gasteiger partial charge on any atom is 0.416 e. The van der Waals surface area contributed by atoms with Gasteiger partial charge in [-0.25, -0.2) is 23.2 Å². The van der Waals surface area contributed by atoms with E-state index in [4.69, 9.17) is 5.14 Å². The Morgan fingerprint density at radius 1 is 1.00 bits per heavy atom. The van der Waals surface area contributed by atoms with Gasteiger partial charge in [0.15, 0.2) is 0 Å². The van der Waals surface area contributed by atoms with Crippen molar-refractivity contribution < 1.29 is 21.6 Å². The van der Waals surface area contributed by atoms with E-state index in [9.17, 15) is 21.6 Å². The summed E-state index contributed by atoms with van der Waals surface area (Å²) in [6.07, 6.45) is -2.92. The van der Waals surface area contributed by atoms with Crippen molar-refractivity contribution in [2.24, 2.45) is 5.14 Å². The number of benzene rings is 2. The van der Waals surface area contributed by atoms with Crippen molar-refractivity contribution in [1.29, 1.82) is 0 Å². The Bertz CT molecular complexity index is 1410. The number of sulfonamides is 1. The van der Waals surface area contributed by atoms with E-state index in [1.165, 1.54) is 22.9 Å². The van der Waals surface area contributed by atoms with E-state index in [2.05, 4.69) is 15.4 Å². The van der Waals surface area contributed by atoms with Crippen LogP contribution in [0, 0.1) is 6.92 Å². The fraction of sp³-hybridized carbons (Fsp3) is 0.0909. The number of aryl methyl sites for hydroxylation is 1. The van der Waals surface area contributed by atoms with Gasteiger partial charge in [-0.3, -0.25) is 0 Å². The quantitative estimate of drug-likeness (QED) is 0.439. The highest BCUT2D eigenvalue weighted by Crippen LogP contribution is 2.32. The number of nitrogens with one attached hydrogen (secondary N) is 1. The van der Waals surface area contributed by atoms with Crippen molar-refractivity contribution in [3.8, 4) is 16.9 Å². The van der Waals surface area contributed by atoms with Crippen LogP contribution >= 0.6 is 0 Å². The van der Waals surface area contributed by atoms with E-state index in [1.807, 2.05) is 0 Å². The average molecular weight is 473 g/mol. The van der Waals surface area contributed by atoms with Crippen LogP contribution in [0.5, 0.6) is 0 Å². The second kappa shape index (κ2) is 8.34. The molecule has 0 saturated heterocycles. The molecule has 0 radical (unpaired) electrons. The summed E-state index contributed by atoms with van der Waals surface area (Å²) in [5.74, 6) is 0.449. The Morgan fingerprint density at radius 3 is 2.39 bits per heavy atom. The third-order valence-corrected chi connectivity index (χ3v) is 5.69. The predicted octanol–water partition coefficient (Wildman–Crippen LogP) is 4.65. The van der Waals surface area contributed by atoms with Gasteiger partial charge in [-0.1, -0.05) is 6.07 Å². The molecular formula is C22H18F3N5O2S. The molecule has 2 heterocycles. The fourth-order valence-corrected chi connectivity index (χ4v) is 3.77. The molecule has 0 spiro atoms. The topological polar surface area (TPSA) is 103 Å². The Kier molecular flexibility index (Phi) is 5.68. The SMILES string of the molecule is Cc1cc(-c2ccnc(Nc3ccc(S(N)(=O)=O)cc3)c2)n(-c2cccc(C(F)(F)F)c2)n1. The maximum atomic E-state index is 13.2. The van der Waals surface area contributed by atoms with E-state index >= 15 is 0 Å². The minimum Gasteiger partial charge on any atom is -0.340 e. The molecule has 0 bridgehead atoms. The van der Waals surface area contributed by atoms with E-state index in [0.29, 0.717) is 28.5 Å². The molecule has 0 aliphatic carbocycles. The van der Waals surface area contributed by atoms with E-state index < -0.39 is 21.8 Å². The van der Waals surface area contributed by atoms with Crippen LogP contribution in [-0.4, -0.2) is 23.2 Å². The van der Waals surface area contributed by atoms with Crippen molar-refractivity contribution in [3.63, 3.8) is 0 Å². The van der Waals surface area contributed by atoms with Gasteiger partial charge in [0.2, 0.25) is 10.0 Å². The Labute approximate surface area is 187 Å². The number of aromatic nitrogens is 3. The molecule has 7 nitrogen and oxygen atoms in total. The summed E-state index contributed by atoms with van der Waals surface area (Å²) in [7, 11) is -3.80. The predicted molar refractivity (Wildman–Crippen MR) is 118 cm³/mol. The first-order valence-electron chi connectivity index (χ1n) is 9.61. The van der Waals surface area contributed by atoms with Crippen molar-refractivity contribution >= 4 is 21.5 Å². The van der Waals surface area contributed by atoms with Gasteiger partial charge in [-0.2, -0.15) is 18.3 Å². The van der Waals surface area contributed by atoms with Crippen LogP contribution in [0.4, 0.5) is 24.7 Å². The standard InChI is InChI=1S/C22H18F3N5O2S/c1-14-11-20(30(29-14)18-4-2-3-16(13-18)22(23,24)25)15-9-10-27-21(12-15)28-17-5-7-19(8-6-17)33(26,31)32/h2-13H,1H3,(H,27,28)(H2,26,31,32). The summed E-state index contributed by atoms with van der Waals surface area (Å²) < 4.78 is 63.8. The molecule has 170 valence electrons. The first-order valence-corrected chi connectivity index (χ1v) is 11.2. The number of pyridine rings is 1. The molecule has 2 aromatic carbocycles. The number of hydrogen-bond donors (Lipinski definition) is 2. The van der Waals surface area contributed by atoms with Crippen molar-refractivity contribution in [3.05, 3.63) is 84.2 Å². The summed E-state index contributed by atoms with van der Waals surface area (Å²) in [6, 6.07) is 16.0. The number of primary sulfonamides is 1. The smallest absolute Gasteiger partial charge is 0.340 e. The molecule has 0 aliphatic rings. The van der Waals surface area contributed by atoms with Gasteiger partial charge in [0.25, 0.3) is 0 Å². The number of alkyl halides is 3. The van der Waals surface area contributed by atoms with E-state index in [-0.39, 0.29) is 10.6 Å².